The van der Waals surface area contributed by atoms with Crippen LogP contribution in [0.5, 0.6) is 11.5 Å². The molecule has 0 heterocycles. The summed E-state index contributed by atoms with van der Waals surface area (Å²) in [6, 6.07) is 11.5. The minimum absolute atomic E-state index is 0.459. The van der Waals surface area contributed by atoms with Crippen molar-refractivity contribution < 1.29 is 9.47 Å². The third-order valence-electron chi connectivity index (χ3n) is 3.04. The summed E-state index contributed by atoms with van der Waals surface area (Å²) < 4.78 is 12.4. The lowest BCUT2D eigenvalue weighted by atomic mass is 10.1. The van der Waals surface area contributed by atoms with Gasteiger partial charge in [0.25, 0.3) is 0 Å². The van der Waals surface area contributed by atoms with Crippen LogP contribution in [0.2, 0.25) is 5.02 Å². The van der Waals surface area contributed by atoms with E-state index in [-0.39, 0.29) is 0 Å². The highest BCUT2D eigenvalue weighted by Crippen LogP contribution is 2.36. The maximum atomic E-state index is 5.98. The quantitative estimate of drug-likeness (QED) is 0.817. The van der Waals surface area contributed by atoms with E-state index in [1.54, 1.807) is 7.11 Å². The van der Waals surface area contributed by atoms with Crippen LogP contribution < -0.4 is 14.8 Å². The second-order valence-corrected chi connectivity index (χ2v) is 5.79. The Morgan fingerprint density at radius 3 is 2.48 bits per heavy atom. The molecule has 0 aromatic heterocycles. The average molecular weight is 371 g/mol. The van der Waals surface area contributed by atoms with Gasteiger partial charge in [-0.3, -0.25) is 0 Å². The van der Waals surface area contributed by atoms with Gasteiger partial charge in [0.1, 0.15) is 6.61 Å². The van der Waals surface area contributed by atoms with Crippen LogP contribution in [0.4, 0.5) is 0 Å². The summed E-state index contributed by atoms with van der Waals surface area (Å²) >= 11 is 9.44. The number of halogens is 2. The zero-order chi connectivity index (χ0) is 15.2. The molecule has 0 radical (unpaired) electrons. The predicted octanol–water partition coefficient (Wildman–Crippen LogP) is 4.41. The van der Waals surface area contributed by atoms with Gasteiger partial charge in [0, 0.05) is 21.6 Å². The van der Waals surface area contributed by atoms with E-state index in [9.17, 15) is 0 Å². The van der Waals surface area contributed by atoms with Crippen LogP contribution in [0.3, 0.4) is 0 Å². The van der Waals surface area contributed by atoms with E-state index in [1.807, 2.05) is 43.4 Å². The number of benzene rings is 2. The first-order valence-electron chi connectivity index (χ1n) is 6.53. The lowest BCUT2D eigenvalue weighted by Gasteiger charge is -2.16. The van der Waals surface area contributed by atoms with Gasteiger partial charge >= 0.3 is 0 Å². The number of hydrogen-bond acceptors (Lipinski definition) is 3. The molecule has 0 atom stereocenters. The Bertz CT molecular complexity index is 602. The molecule has 2 aromatic carbocycles. The predicted molar refractivity (Wildman–Crippen MR) is 89.2 cm³/mol. The molecule has 0 aliphatic carbocycles. The van der Waals surface area contributed by atoms with E-state index in [2.05, 4.69) is 21.2 Å². The standard InChI is InChI=1S/C16H17BrClNO2/c1-19-9-13-14(17)7-8-15(20-2)16(13)21-10-11-3-5-12(18)6-4-11/h3-8,19H,9-10H2,1-2H3. The summed E-state index contributed by atoms with van der Waals surface area (Å²) in [7, 11) is 3.54. The molecule has 0 fully saturated rings. The maximum absolute atomic E-state index is 5.98. The molecule has 2 rings (SSSR count). The Balaban J connectivity index is 2.24. The van der Waals surface area contributed by atoms with Gasteiger partial charge in [-0.25, -0.2) is 0 Å². The summed E-state index contributed by atoms with van der Waals surface area (Å²) in [6.07, 6.45) is 0. The van der Waals surface area contributed by atoms with Crippen molar-refractivity contribution in [2.45, 2.75) is 13.2 Å². The number of nitrogens with one attached hydrogen (secondary N) is 1. The molecule has 0 saturated heterocycles. The van der Waals surface area contributed by atoms with E-state index >= 15 is 0 Å². The van der Waals surface area contributed by atoms with Crippen molar-refractivity contribution >= 4 is 27.5 Å². The van der Waals surface area contributed by atoms with Crippen molar-refractivity contribution in [3.8, 4) is 11.5 Å². The summed E-state index contributed by atoms with van der Waals surface area (Å²) in [5.41, 5.74) is 2.09. The fourth-order valence-corrected chi connectivity index (χ4v) is 2.56. The van der Waals surface area contributed by atoms with E-state index in [0.29, 0.717) is 13.2 Å². The van der Waals surface area contributed by atoms with Gasteiger partial charge in [-0.15, -0.1) is 0 Å². The topological polar surface area (TPSA) is 30.5 Å². The summed E-state index contributed by atoms with van der Waals surface area (Å²) in [5, 5.41) is 3.86. The van der Waals surface area contributed by atoms with Gasteiger partial charge in [-0.05, 0) is 36.9 Å². The first-order chi connectivity index (χ1) is 10.2. The second-order valence-electron chi connectivity index (χ2n) is 4.50. The molecule has 0 aliphatic rings. The molecule has 3 nitrogen and oxygen atoms in total. The Hall–Kier alpha value is -1.23. The zero-order valence-electron chi connectivity index (χ0n) is 12.0. The minimum atomic E-state index is 0.459. The number of hydrogen-bond donors (Lipinski definition) is 1. The minimum Gasteiger partial charge on any atom is -0.493 e. The van der Waals surface area contributed by atoms with Crippen LogP contribution in [0.25, 0.3) is 0 Å². The molecule has 0 amide bonds. The van der Waals surface area contributed by atoms with E-state index in [0.717, 1.165) is 32.1 Å². The van der Waals surface area contributed by atoms with Gasteiger partial charge in [0.05, 0.1) is 7.11 Å². The number of ether oxygens (including phenoxy) is 2. The fourth-order valence-electron chi connectivity index (χ4n) is 1.98. The van der Waals surface area contributed by atoms with Crippen LogP contribution in [-0.4, -0.2) is 14.2 Å². The molecule has 2 aromatic rings. The number of rotatable bonds is 6. The largest absolute Gasteiger partial charge is 0.493 e. The summed E-state index contributed by atoms with van der Waals surface area (Å²) in [4.78, 5) is 0. The van der Waals surface area contributed by atoms with Crippen molar-refractivity contribution in [2.24, 2.45) is 0 Å². The zero-order valence-corrected chi connectivity index (χ0v) is 14.3. The lowest BCUT2D eigenvalue weighted by Crippen LogP contribution is -2.09. The van der Waals surface area contributed by atoms with Crippen molar-refractivity contribution in [2.75, 3.05) is 14.2 Å². The van der Waals surface area contributed by atoms with E-state index in [4.69, 9.17) is 21.1 Å². The SMILES string of the molecule is CNCc1c(Br)ccc(OC)c1OCc1ccc(Cl)cc1. The summed E-state index contributed by atoms with van der Waals surface area (Å²) in [6.45, 7) is 1.15. The van der Waals surface area contributed by atoms with E-state index < -0.39 is 0 Å². The van der Waals surface area contributed by atoms with Crippen molar-refractivity contribution in [1.29, 1.82) is 0 Å². The Labute approximate surface area is 138 Å². The Kier molecular flexibility index (Phi) is 5.91. The van der Waals surface area contributed by atoms with Gasteiger partial charge in [0.15, 0.2) is 11.5 Å². The van der Waals surface area contributed by atoms with Crippen LogP contribution in [-0.2, 0) is 13.2 Å². The molecule has 0 aliphatic heterocycles. The fraction of sp³-hybridized carbons (Fsp3) is 0.250. The lowest BCUT2D eigenvalue weighted by molar-refractivity contribution is 0.280. The Morgan fingerprint density at radius 2 is 1.86 bits per heavy atom. The normalized spacial score (nSPS) is 10.5. The van der Waals surface area contributed by atoms with Crippen molar-refractivity contribution in [3.05, 3.63) is 57.0 Å². The molecule has 5 heteroatoms. The molecule has 112 valence electrons. The molecule has 0 saturated carbocycles. The highest BCUT2D eigenvalue weighted by Gasteiger charge is 2.14. The highest BCUT2D eigenvalue weighted by molar-refractivity contribution is 9.10. The molecule has 21 heavy (non-hydrogen) atoms. The van der Waals surface area contributed by atoms with Crippen LogP contribution >= 0.6 is 27.5 Å². The molecule has 0 unspecified atom stereocenters. The first kappa shape index (κ1) is 16.1. The first-order valence-corrected chi connectivity index (χ1v) is 7.70. The monoisotopic (exact) mass is 369 g/mol. The van der Waals surface area contributed by atoms with Gasteiger partial charge in [0.2, 0.25) is 0 Å². The van der Waals surface area contributed by atoms with Gasteiger partial charge in [-0.2, -0.15) is 0 Å². The third-order valence-corrected chi connectivity index (χ3v) is 4.03. The maximum Gasteiger partial charge on any atom is 0.167 e. The molecule has 1 N–H and O–H groups in total. The van der Waals surface area contributed by atoms with Crippen LogP contribution in [0.15, 0.2) is 40.9 Å². The Morgan fingerprint density at radius 1 is 1.14 bits per heavy atom. The van der Waals surface area contributed by atoms with E-state index in [1.165, 1.54) is 0 Å². The molecular weight excluding hydrogens is 354 g/mol. The average Bonchev–Trinajstić information content (AvgIpc) is 2.49. The van der Waals surface area contributed by atoms with Crippen molar-refractivity contribution in [1.82, 2.24) is 5.32 Å². The smallest absolute Gasteiger partial charge is 0.167 e. The van der Waals surface area contributed by atoms with Crippen molar-refractivity contribution in [3.63, 3.8) is 0 Å². The molecule has 0 bridgehead atoms. The summed E-state index contributed by atoms with van der Waals surface area (Å²) in [5.74, 6) is 1.47. The van der Waals surface area contributed by atoms with Crippen LogP contribution in [0, 0.1) is 0 Å². The highest BCUT2D eigenvalue weighted by atomic mass is 79.9. The molecular formula is C16H17BrClNO2. The molecule has 0 spiro atoms. The second kappa shape index (κ2) is 7.69. The van der Waals surface area contributed by atoms with Gasteiger partial charge in [-0.1, -0.05) is 39.7 Å². The third kappa shape index (κ3) is 4.13. The van der Waals surface area contributed by atoms with Gasteiger partial charge < -0.3 is 14.8 Å². The van der Waals surface area contributed by atoms with Crippen LogP contribution in [0.1, 0.15) is 11.1 Å². The number of methoxy groups -OCH3 is 1.